The molecule has 0 aliphatic carbocycles. The molecule has 0 bridgehead atoms. The predicted molar refractivity (Wildman–Crippen MR) is 108 cm³/mol. The molecule has 6 nitrogen and oxygen atoms in total. The zero-order valence-corrected chi connectivity index (χ0v) is 16.8. The van der Waals surface area contributed by atoms with E-state index in [4.69, 9.17) is 4.74 Å². The third-order valence-electron chi connectivity index (χ3n) is 4.71. The first-order valence-corrected chi connectivity index (χ1v) is 9.32. The monoisotopic (exact) mass is 371 g/mol. The van der Waals surface area contributed by atoms with Crippen molar-refractivity contribution >= 4 is 17.6 Å². The summed E-state index contributed by atoms with van der Waals surface area (Å²) in [7, 11) is 1.35. The van der Waals surface area contributed by atoms with Gasteiger partial charge >= 0.3 is 5.97 Å². The number of likely N-dealkylation sites (N-methyl/N-ethyl adjacent to an activating group) is 1. The van der Waals surface area contributed by atoms with Gasteiger partial charge in [-0.2, -0.15) is 0 Å². The van der Waals surface area contributed by atoms with Gasteiger partial charge in [0.05, 0.1) is 12.7 Å². The average Bonchev–Trinajstić information content (AvgIpc) is 3.01. The maximum Gasteiger partial charge on any atom is 0.339 e. The molecule has 0 unspecified atom stereocenters. The van der Waals surface area contributed by atoms with Crippen molar-refractivity contribution in [3.63, 3.8) is 0 Å². The number of nitrogens with one attached hydrogen (secondary N) is 2. The quantitative estimate of drug-likeness (QED) is 0.699. The number of aryl methyl sites for hydroxylation is 2. The molecule has 0 aliphatic heterocycles. The summed E-state index contributed by atoms with van der Waals surface area (Å²) in [5, 5.41) is 2.95. The Hall–Kier alpha value is -2.76. The molecule has 6 heteroatoms. The van der Waals surface area contributed by atoms with Gasteiger partial charge < -0.3 is 19.9 Å². The Morgan fingerprint density at radius 2 is 1.96 bits per heavy atom. The molecule has 146 valence electrons. The van der Waals surface area contributed by atoms with Crippen LogP contribution in [0.4, 0.5) is 5.69 Å². The van der Waals surface area contributed by atoms with Crippen molar-refractivity contribution in [3.05, 3.63) is 52.3 Å². The zero-order chi connectivity index (χ0) is 20.0. The van der Waals surface area contributed by atoms with Crippen LogP contribution in [-0.4, -0.2) is 43.6 Å². The van der Waals surface area contributed by atoms with Crippen LogP contribution in [0.15, 0.2) is 24.3 Å². The van der Waals surface area contributed by atoms with Gasteiger partial charge in [-0.05, 0) is 50.5 Å². The Morgan fingerprint density at radius 3 is 2.56 bits per heavy atom. The summed E-state index contributed by atoms with van der Waals surface area (Å²) in [6.07, 6.45) is 0.621. The van der Waals surface area contributed by atoms with Gasteiger partial charge in [-0.3, -0.25) is 4.79 Å². The van der Waals surface area contributed by atoms with E-state index < -0.39 is 5.97 Å². The van der Waals surface area contributed by atoms with E-state index in [1.165, 1.54) is 12.7 Å². The van der Waals surface area contributed by atoms with Gasteiger partial charge in [-0.15, -0.1) is 0 Å². The van der Waals surface area contributed by atoms with Gasteiger partial charge in [0.15, 0.2) is 0 Å². The van der Waals surface area contributed by atoms with Crippen LogP contribution < -0.4 is 10.2 Å². The first-order chi connectivity index (χ1) is 12.9. The molecule has 0 fully saturated rings. The number of esters is 1. The second kappa shape index (κ2) is 9.26. The van der Waals surface area contributed by atoms with Crippen molar-refractivity contribution in [2.45, 2.75) is 34.1 Å². The summed E-state index contributed by atoms with van der Waals surface area (Å²) < 4.78 is 4.84. The number of amides is 1. The first kappa shape index (κ1) is 20.6. The van der Waals surface area contributed by atoms with E-state index in [2.05, 4.69) is 47.2 Å². The maximum atomic E-state index is 12.6. The number of carbonyl (C=O) groups is 2. The molecule has 1 aromatic heterocycles. The number of rotatable bonds is 8. The Labute approximate surface area is 160 Å². The number of hydrogen-bond acceptors (Lipinski definition) is 4. The summed E-state index contributed by atoms with van der Waals surface area (Å²) in [5.74, 6) is -0.631. The molecule has 0 aliphatic rings. The van der Waals surface area contributed by atoms with Gasteiger partial charge in [0, 0.05) is 31.0 Å². The third-order valence-corrected chi connectivity index (χ3v) is 4.71. The van der Waals surface area contributed by atoms with Crippen LogP contribution in [0, 0.1) is 13.8 Å². The molecular weight excluding hydrogens is 342 g/mol. The fourth-order valence-corrected chi connectivity index (χ4v) is 3.22. The van der Waals surface area contributed by atoms with Gasteiger partial charge in [-0.1, -0.05) is 19.1 Å². The minimum atomic E-state index is -0.420. The zero-order valence-electron chi connectivity index (χ0n) is 16.8. The number of benzene rings is 1. The van der Waals surface area contributed by atoms with E-state index in [0.717, 1.165) is 17.9 Å². The topological polar surface area (TPSA) is 74.4 Å². The summed E-state index contributed by atoms with van der Waals surface area (Å²) in [5.41, 5.74) is 4.58. The van der Waals surface area contributed by atoms with Crippen LogP contribution in [0.1, 0.15) is 51.5 Å². The number of hydrogen-bond donors (Lipinski definition) is 2. The number of H-pyrrole nitrogens is 1. The van der Waals surface area contributed by atoms with Crippen LogP contribution in [0.3, 0.4) is 0 Å². The van der Waals surface area contributed by atoms with E-state index in [-0.39, 0.29) is 5.91 Å². The van der Waals surface area contributed by atoms with Gasteiger partial charge in [0.25, 0.3) is 5.91 Å². The molecule has 2 N–H and O–H groups in total. The Balaban J connectivity index is 2.05. The number of methoxy groups -OCH3 is 1. The molecule has 0 saturated carbocycles. The highest BCUT2D eigenvalue weighted by molar-refractivity contribution is 6.00. The van der Waals surface area contributed by atoms with Crippen LogP contribution in [0.5, 0.6) is 0 Å². The lowest BCUT2D eigenvalue weighted by Gasteiger charge is -2.23. The third kappa shape index (κ3) is 4.70. The Kier molecular flexibility index (Phi) is 7.05. The SMILES string of the molecule is CCc1[nH]c(C(=O)NCCN(CC)c2cccc(C)c2)c(C)c1C(=O)OC. The van der Waals surface area contributed by atoms with Crippen molar-refractivity contribution < 1.29 is 14.3 Å². The van der Waals surface area contributed by atoms with Crippen molar-refractivity contribution in [3.8, 4) is 0 Å². The smallest absolute Gasteiger partial charge is 0.339 e. The number of anilines is 1. The predicted octanol–water partition coefficient (Wildman–Crippen LogP) is 3.24. The molecule has 2 aromatic rings. The lowest BCUT2D eigenvalue weighted by molar-refractivity contribution is 0.0599. The fraction of sp³-hybridized carbons (Fsp3) is 0.429. The minimum absolute atomic E-state index is 0.211. The molecule has 0 spiro atoms. The lowest BCUT2D eigenvalue weighted by Crippen LogP contribution is -2.35. The molecule has 1 heterocycles. The van der Waals surface area contributed by atoms with E-state index in [0.29, 0.717) is 36.3 Å². The first-order valence-electron chi connectivity index (χ1n) is 9.32. The summed E-state index contributed by atoms with van der Waals surface area (Å²) in [6, 6.07) is 8.31. The minimum Gasteiger partial charge on any atom is -0.465 e. The number of carbonyl (C=O) groups excluding carboxylic acids is 2. The second-order valence-corrected chi connectivity index (χ2v) is 6.50. The van der Waals surface area contributed by atoms with Gasteiger partial charge in [0.2, 0.25) is 0 Å². The molecule has 0 radical (unpaired) electrons. The van der Waals surface area contributed by atoms with E-state index in [9.17, 15) is 9.59 Å². The Morgan fingerprint density at radius 1 is 1.22 bits per heavy atom. The molecular formula is C21H29N3O3. The van der Waals surface area contributed by atoms with Crippen LogP contribution >= 0.6 is 0 Å². The number of nitrogens with zero attached hydrogens (tertiary/aromatic N) is 1. The fourth-order valence-electron chi connectivity index (χ4n) is 3.22. The largest absolute Gasteiger partial charge is 0.465 e. The molecule has 27 heavy (non-hydrogen) atoms. The molecule has 0 atom stereocenters. The van der Waals surface area contributed by atoms with Crippen molar-refractivity contribution in [2.75, 3.05) is 31.6 Å². The molecule has 1 amide bonds. The summed E-state index contributed by atoms with van der Waals surface area (Å²) in [6.45, 7) is 9.92. The standard InChI is InChI=1S/C21H29N3O3/c1-6-17-18(21(26)27-5)15(4)19(23-17)20(25)22-11-12-24(7-2)16-10-8-9-14(3)13-16/h8-10,13,23H,6-7,11-12H2,1-5H3,(H,22,25). The van der Waals surface area contributed by atoms with Crippen LogP contribution in [0.25, 0.3) is 0 Å². The highest BCUT2D eigenvalue weighted by Gasteiger charge is 2.23. The normalized spacial score (nSPS) is 10.6. The van der Waals surface area contributed by atoms with Crippen LogP contribution in [-0.2, 0) is 11.2 Å². The number of ether oxygens (including phenoxy) is 1. The van der Waals surface area contributed by atoms with Crippen molar-refractivity contribution in [2.24, 2.45) is 0 Å². The van der Waals surface area contributed by atoms with Crippen molar-refractivity contribution in [1.82, 2.24) is 10.3 Å². The molecule has 1 aromatic carbocycles. The highest BCUT2D eigenvalue weighted by atomic mass is 16.5. The van der Waals surface area contributed by atoms with E-state index in [1.54, 1.807) is 6.92 Å². The lowest BCUT2D eigenvalue weighted by atomic mass is 10.1. The summed E-state index contributed by atoms with van der Waals surface area (Å²) >= 11 is 0. The summed E-state index contributed by atoms with van der Waals surface area (Å²) in [4.78, 5) is 29.9. The average molecular weight is 371 g/mol. The van der Waals surface area contributed by atoms with Gasteiger partial charge in [-0.25, -0.2) is 4.79 Å². The molecule has 2 rings (SSSR count). The second-order valence-electron chi connectivity index (χ2n) is 6.50. The van der Waals surface area contributed by atoms with E-state index >= 15 is 0 Å². The number of aromatic amines is 1. The van der Waals surface area contributed by atoms with Crippen molar-refractivity contribution in [1.29, 1.82) is 0 Å². The maximum absolute atomic E-state index is 12.6. The van der Waals surface area contributed by atoms with Crippen LogP contribution in [0.2, 0.25) is 0 Å². The van der Waals surface area contributed by atoms with E-state index in [1.807, 2.05) is 13.0 Å². The highest BCUT2D eigenvalue weighted by Crippen LogP contribution is 2.20. The van der Waals surface area contributed by atoms with Gasteiger partial charge in [0.1, 0.15) is 5.69 Å². The Bertz CT molecular complexity index is 811. The molecule has 0 saturated heterocycles. The number of aromatic nitrogens is 1.